The average molecular weight is 336 g/mol. The molecule has 3 rings (SSSR count). The van der Waals surface area contributed by atoms with Crippen molar-refractivity contribution >= 4 is 6.03 Å². The third-order valence-electron chi connectivity index (χ3n) is 4.14. The van der Waals surface area contributed by atoms with Gasteiger partial charge in [-0.2, -0.15) is 5.10 Å². The first kappa shape index (κ1) is 16.4. The van der Waals surface area contributed by atoms with Crippen molar-refractivity contribution in [2.24, 2.45) is 0 Å². The van der Waals surface area contributed by atoms with Gasteiger partial charge in [0.2, 0.25) is 0 Å². The summed E-state index contributed by atoms with van der Waals surface area (Å²) in [5.41, 5.74) is 1.71. The Morgan fingerprint density at radius 3 is 2.92 bits per heavy atom. The highest BCUT2D eigenvalue weighted by Crippen LogP contribution is 2.20. The summed E-state index contributed by atoms with van der Waals surface area (Å²) >= 11 is 0. The number of aliphatic hydroxyl groups is 1. The molecule has 2 aromatic rings. The maximum Gasteiger partial charge on any atom is 0.315 e. The molecule has 1 aliphatic rings. The van der Waals surface area contributed by atoms with Gasteiger partial charge in [-0.15, -0.1) is 0 Å². The summed E-state index contributed by atoms with van der Waals surface area (Å²) in [5.74, 6) is -1.69. The van der Waals surface area contributed by atoms with Gasteiger partial charge in [0.25, 0.3) is 0 Å². The number of benzene rings is 1. The van der Waals surface area contributed by atoms with E-state index in [0.717, 1.165) is 36.2 Å². The van der Waals surface area contributed by atoms with Crippen LogP contribution in [0.2, 0.25) is 0 Å². The molecular formula is C16H18F2N4O2. The minimum atomic E-state index is -1.45. The Kier molecular flexibility index (Phi) is 4.75. The van der Waals surface area contributed by atoms with Crippen LogP contribution in [0.15, 0.2) is 24.4 Å². The second-order valence-corrected chi connectivity index (χ2v) is 5.82. The molecule has 2 amide bonds. The van der Waals surface area contributed by atoms with Gasteiger partial charge in [0.15, 0.2) is 0 Å². The van der Waals surface area contributed by atoms with Crippen LogP contribution in [-0.2, 0) is 12.8 Å². The highest BCUT2D eigenvalue weighted by atomic mass is 19.1. The first-order valence-electron chi connectivity index (χ1n) is 7.72. The second-order valence-electron chi connectivity index (χ2n) is 5.82. The van der Waals surface area contributed by atoms with Crippen molar-refractivity contribution in [3.8, 4) is 0 Å². The van der Waals surface area contributed by atoms with E-state index in [0.29, 0.717) is 6.42 Å². The number of halogens is 2. The van der Waals surface area contributed by atoms with Crippen LogP contribution in [0.1, 0.15) is 29.3 Å². The molecule has 0 spiro atoms. The lowest BCUT2D eigenvalue weighted by Crippen LogP contribution is -2.45. The van der Waals surface area contributed by atoms with Crippen LogP contribution in [-0.4, -0.2) is 33.9 Å². The van der Waals surface area contributed by atoms with Crippen molar-refractivity contribution in [2.45, 2.75) is 31.4 Å². The van der Waals surface area contributed by atoms with Gasteiger partial charge in [0.1, 0.15) is 17.7 Å². The van der Waals surface area contributed by atoms with Gasteiger partial charge in [-0.3, -0.25) is 5.10 Å². The van der Waals surface area contributed by atoms with Crippen molar-refractivity contribution in [1.82, 2.24) is 20.8 Å². The van der Waals surface area contributed by atoms with Gasteiger partial charge >= 0.3 is 6.03 Å². The first-order chi connectivity index (χ1) is 11.5. The van der Waals surface area contributed by atoms with Crippen molar-refractivity contribution in [3.63, 3.8) is 0 Å². The number of rotatable bonds is 4. The molecule has 0 saturated heterocycles. The van der Waals surface area contributed by atoms with Crippen LogP contribution in [0, 0.1) is 11.6 Å². The summed E-state index contributed by atoms with van der Waals surface area (Å²) in [6.07, 6.45) is 2.52. The Hall–Kier alpha value is -2.48. The minimum absolute atomic E-state index is 0.0440. The smallest absolute Gasteiger partial charge is 0.315 e. The SMILES string of the molecule is O=C(NCC(O)c1c(F)cccc1F)NC1CCc2[nH]ncc2C1. The molecule has 0 saturated carbocycles. The number of fused-ring (bicyclic) bond motifs is 1. The molecule has 1 aliphatic carbocycles. The monoisotopic (exact) mass is 336 g/mol. The predicted octanol–water partition coefficient (Wildman–Crippen LogP) is 1.58. The van der Waals surface area contributed by atoms with Crippen LogP contribution < -0.4 is 10.6 Å². The molecule has 0 radical (unpaired) electrons. The zero-order chi connectivity index (χ0) is 17.1. The molecule has 1 aromatic carbocycles. The number of hydrogen-bond donors (Lipinski definition) is 4. The molecule has 24 heavy (non-hydrogen) atoms. The van der Waals surface area contributed by atoms with E-state index in [1.807, 2.05) is 0 Å². The van der Waals surface area contributed by atoms with Crippen molar-refractivity contribution in [3.05, 3.63) is 52.9 Å². The second kappa shape index (κ2) is 6.96. The largest absolute Gasteiger partial charge is 0.386 e. The molecule has 4 N–H and O–H groups in total. The Bertz CT molecular complexity index is 714. The lowest BCUT2D eigenvalue weighted by Gasteiger charge is -2.23. The standard InChI is InChI=1S/C16H18F2N4O2/c17-11-2-1-3-12(18)15(11)14(23)8-19-16(24)21-10-4-5-13-9(6-10)7-20-22-13/h1-3,7,10,14,23H,4-6,8H2,(H,20,22)(H2,19,21,24). The predicted molar refractivity (Wildman–Crippen MR) is 82.3 cm³/mol. The number of urea groups is 1. The molecule has 2 atom stereocenters. The number of nitrogens with one attached hydrogen (secondary N) is 3. The van der Waals surface area contributed by atoms with E-state index in [-0.39, 0.29) is 12.6 Å². The summed E-state index contributed by atoms with van der Waals surface area (Å²) in [6, 6.07) is 2.81. The highest BCUT2D eigenvalue weighted by molar-refractivity contribution is 5.74. The summed E-state index contributed by atoms with van der Waals surface area (Å²) < 4.78 is 27.1. The topological polar surface area (TPSA) is 90.0 Å². The Morgan fingerprint density at radius 1 is 1.42 bits per heavy atom. The van der Waals surface area contributed by atoms with Crippen LogP contribution in [0.25, 0.3) is 0 Å². The van der Waals surface area contributed by atoms with Crippen LogP contribution in [0.4, 0.5) is 13.6 Å². The number of amides is 2. The molecule has 128 valence electrons. The fourth-order valence-electron chi connectivity index (χ4n) is 2.90. The highest BCUT2D eigenvalue weighted by Gasteiger charge is 2.22. The number of H-pyrrole nitrogens is 1. The molecule has 1 aromatic heterocycles. The number of aryl methyl sites for hydroxylation is 1. The normalized spacial score (nSPS) is 17.9. The molecule has 6 nitrogen and oxygen atoms in total. The lowest BCUT2D eigenvalue weighted by molar-refractivity contribution is 0.163. The number of aromatic nitrogens is 2. The van der Waals surface area contributed by atoms with Crippen molar-refractivity contribution in [2.75, 3.05) is 6.54 Å². The molecule has 0 fully saturated rings. The van der Waals surface area contributed by atoms with Gasteiger partial charge in [-0.25, -0.2) is 13.6 Å². The first-order valence-corrected chi connectivity index (χ1v) is 7.72. The van der Waals surface area contributed by atoms with E-state index in [2.05, 4.69) is 20.8 Å². The van der Waals surface area contributed by atoms with E-state index in [4.69, 9.17) is 0 Å². The van der Waals surface area contributed by atoms with Crippen LogP contribution >= 0.6 is 0 Å². The van der Waals surface area contributed by atoms with Crippen molar-refractivity contribution in [1.29, 1.82) is 0 Å². The maximum atomic E-state index is 13.6. The quantitative estimate of drug-likeness (QED) is 0.683. The fourth-order valence-corrected chi connectivity index (χ4v) is 2.90. The molecule has 8 heteroatoms. The number of carbonyl (C=O) groups is 1. The molecular weight excluding hydrogens is 318 g/mol. The Balaban J connectivity index is 1.51. The molecule has 2 unspecified atom stereocenters. The van der Waals surface area contributed by atoms with Crippen LogP contribution in [0.5, 0.6) is 0 Å². The van der Waals surface area contributed by atoms with E-state index >= 15 is 0 Å². The fraction of sp³-hybridized carbons (Fsp3) is 0.375. The van der Waals surface area contributed by atoms with Gasteiger partial charge < -0.3 is 15.7 Å². The van der Waals surface area contributed by atoms with E-state index in [1.165, 1.54) is 6.07 Å². The molecule has 0 aliphatic heterocycles. The molecule has 0 bridgehead atoms. The zero-order valence-corrected chi connectivity index (χ0v) is 12.9. The van der Waals surface area contributed by atoms with Gasteiger partial charge in [-0.1, -0.05) is 6.07 Å². The number of hydrogen-bond acceptors (Lipinski definition) is 3. The van der Waals surface area contributed by atoms with Gasteiger partial charge in [-0.05, 0) is 37.0 Å². The summed E-state index contributed by atoms with van der Waals surface area (Å²) in [7, 11) is 0. The van der Waals surface area contributed by atoms with Gasteiger partial charge in [0.05, 0.1) is 11.8 Å². The van der Waals surface area contributed by atoms with Crippen molar-refractivity contribution < 1.29 is 18.7 Å². The Labute approximate surface area is 137 Å². The molecule has 1 heterocycles. The third-order valence-corrected chi connectivity index (χ3v) is 4.14. The number of nitrogens with zero attached hydrogens (tertiary/aromatic N) is 1. The minimum Gasteiger partial charge on any atom is -0.386 e. The lowest BCUT2D eigenvalue weighted by atomic mass is 9.94. The number of carbonyl (C=O) groups excluding carboxylic acids is 1. The van der Waals surface area contributed by atoms with Gasteiger partial charge in [0, 0.05) is 18.3 Å². The van der Waals surface area contributed by atoms with E-state index < -0.39 is 29.3 Å². The number of aromatic amines is 1. The maximum absolute atomic E-state index is 13.6. The summed E-state index contributed by atoms with van der Waals surface area (Å²) in [5, 5.41) is 22.0. The Morgan fingerprint density at radius 2 is 2.17 bits per heavy atom. The van der Waals surface area contributed by atoms with Crippen LogP contribution in [0.3, 0.4) is 0 Å². The summed E-state index contributed by atoms with van der Waals surface area (Å²) in [6.45, 7) is -0.284. The zero-order valence-electron chi connectivity index (χ0n) is 12.9. The third kappa shape index (κ3) is 3.53. The van der Waals surface area contributed by atoms with E-state index in [9.17, 15) is 18.7 Å². The van der Waals surface area contributed by atoms with E-state index in [1.54, 1.807) is 6.20 Å². The number of aliphatic hydroxyl groups excluding tert-OH is 1. The summed E-state index contributed by atoms with van der Waals surface area (Å²) in [4.78, 5) is 11.9. The average Bonchev–Trinajstić information content (AvgIpc) is 3.00.